The molecule has 1 aromatic heterocycles. The maximum atomic E-state index is 12.6. The lowest BCUT2D eigenvalue weighted by Gasteiger charge is -2.22. The fourth-order valence-electron chi connectivity index (χ4n) is 3.47. The lowest BCUT2D eigenvalue weighted by Crippen LogP contribution is -2.32. The molecule has 25 heavy (non-hydrogen) atoms. The molecule has 0 bridgehead atoms. The zero-order chi connectivity index (χ0) is 17.6. The topological polar surface area (TPSA) is 61.9 Å². The molecule has 134 valence electrons. The van der Waals surface area contributed by atoms with E-state index in [9.17, 15) is 4.79 Å². The van der Waals surface area contributed by atoms with Gasteiger partial charge in [-0.1, -0.05) is 55.6 Å². The highest BCUT2D eigenvalue weighted by atomic mass is 32.2. The van der Waals surface area contributed by atoms with E-state index in [1.54, 1.807) is 0 Å². The molecule has 0 atom stereocenters. The number of aryl methyl sites for hydroxylation is 1. The number of rotatable bonds is 7. The lowest BCUT2D eigenvalue weighted by atomic mass is 10.0. The van der Waals surface area contributed by atoms with Crippen LogP contribution in [0.15, 0.2) is 29.4 Å². The largest absolute Gasteiger partial charge is 0.312 e. The molecule has 1 fully saturated rings. The Morgan fingerprint density at radius 1 is 1.32 bits per heavy atom. The minimum Gasteiger partial charge on any atom is -0.312 e. The van der Waals surface area contributed by atoms with Crippen molar-refractivity contribution in [2.75, 3.05) is 17.2 Å². The Morgan fingerprint density at radius 3 is 2.80 bits per heavy atom. The van der Waals surface area contributed by atoms with Crippen molar-refractivity contribution in [2.24, 2.45) is 5.92 Å². The van der Waals surface area contributed by atoms with Gasteiger partial charge < -0.3 is 4.90 Å². The van der Waals surface area contributed by atoms with Gasteiger partial charge in [-0.3, -0.25) is 9.89 Å². The number of thioether (sulfide) groups is 1. The summed E-state index contributed by atoms with van der Waals surface area (Å²) in [4.78, 5) is 19.0. The normalized spacial score (nSPS) is 14.8. The molecule has 0 saturated heterocycles. The third-order valence-corrected chi connectivity index (χ3v) is 5.65. The summed E-state index contributed by atoms with van der Waals surface area (Å²) >= 11 is 1.41. The quantitative estimate of drug-likeness (QED) is 0.760. The highest BCUT2D eigenvalue weighted by Crippen LogP contribution is 2.27. The summed E-state index contributed by atoms with van der Waals surface area (Å²) in [6, 6.07) is 7.98. The Morgan fingerprint density at radius 2 is 2.08 bits per heavy atom. The third-order valence-electron chi connectivity index (χ3n) is 4.82. The van der Waals surface area contributed by atoms with E-state index in [1.165, 1.54) is 37.4 Å². The van der Waals surface area contributed by atoms with E-state index in [2.05, 4.69) is 15.2 Å². The molecule has 6 heteroatoms. The van der Waals surface area contributed by atoms with E-state index >= 15 is 0 Å². The van der Waals surface area contributed by atoms with Crippen molar-refractivity contribution in [3.05, 3.63) is 35.7 Å². The summed E-state index contributed by atoms with van der Waals surface area (Å²) in [5.41, 5.74) is 2.09. The fourth-order valence-corrected chi connectivity index (χ4v) is 4.17. The number of aromatic nitrogens is 3. The van der Waals surface area contributed by atoms with Gasteiger partial charge in [-0.2, -0.15) is 0 Å². The number of H-pyrrole nitrogens is 1. The van der Waals surface area contributed by atoms with E-state index in [0.29, 0.717) is 17.5 Å². The van der Waals surface area contributed by atoms with Gasteiger partial charge in [0.15, 0.2) is 0 Å². The molecule has 0 unspecified atom stereocenters. The molecule has 0 spiro atoms. The number of nitrogens with one attached hydrogen (secondary N) is 1. The third kappa shape index (κ3) is 4.63. The number of anilines is 1. The van der Waals surface area contributed by atoms with Crippen molar-refractivity contribution >= 4 is 23.4 Å². The predicted molar refractivity (Wildman–Crippen MR) is 102 cm³/mol. The molecule has 1 N–H and O–H groups in total. The lowest BCUT2D eigenvalue weighted by molar-refractivity contribution is -0.116. The van der Waals surface area contributed by atoms with Crippen molar-refractivity contribution in [3.63, 3.8) is 0 Å². The van der Waals surface area contributed by atoms with Gasteiger partial charge in [0.2, 0.25) is 11.1 Å². The highest BCUT2D eigenvalue weighted by molar-refractivity contribution is 7.99. The Kier molecular flexibility index (Phi) is 6.13. The molecule has 0 radical (unpaired) electrons. The second kappa shape index (κ2) is 8.52. The zero-order valence-corrected chi connectivity index (χ0v) is 15.8. The Balaban J connectivity index is 1.56. The molecule has 1 heterocycles. The Labute approximate surface area is 153 Å². The highest BCUT2D eigenvalue weighted by Gasteiger charge is 2.19. The van der Waals surface area contributed by atoms with Crippen LogP contribution in [0, 0.1) is 12.8 Å². The standard InChI is InChI=1S/C19H26N4OS/c1-3-23(16-11-7-4-8-14(16)2)18(24)13-25-19-20-17(21-22-19)12-15-9-5-6-10-15/h4,7-8,11,15H,3,5-6,9-10,12-13H2,1-2H3,(H,20,21,22). The van der Waals surface area contributed by atoms with Crippen molar-refractivity contribution in [3.8, 4) is 0 Å². The molecule has 1 aliphatic carbocycles. The van der Waals surface area contributed by atoms with Crippen LogP contribution in [0.3, 0.4) is 0 Å². The summed E-state index contributed by atoms with van der Waals surface area (Å²) < 4.78 is 0. The molecule has 2 aromatic rings. The van der Waals surface area contributed by atoms with Gasteiger partial charge in [0.25, 0.3) is 0 Å². The van der Waals surface area contributed by atoms with E-state index < -0.39 is 0 Å². The Hall–Kier alpha value is -1.82. The van der Waals surface area contributed by atoms with Crippen LogP contribution >= 0.6 is 11.8 Å². The van der Waals surface area contributed by atoms with Gasteiger partial charge in [-0.25, -0.2) is 4.98 Å². The molecule has 0 aliphatic heterocycles. The van der Waals surface area contributed by atoms with Gasteiger partial charge >= 0.3 is 0 Å². The first-order valence-electron chi connectivity index (χ1n) is 9.07. The number of hydrogen-bond donors (Lipinski definition) is 1. The second-order valence-corrected chi connectivity index (χ2v) is 7.57. The van der Waals surface area contributed by atoms with Gasteiger partial charge in [0.1, 0.15) is 5.82 Å². The number of aromatic amines is 1. The first-order chi connectivity index (χ1) is 12.2. The number of carbonyl (C=O) groups excluding carboxylic acids is 1. The van der Waals surface area contributed by atoms with Crippen LogP contribution in [0.25, 0.3) is 0 Å². The second-order valence-electron chi connectivity index (χ2n) is 6.63. The number of benzene rings is 1. The van der Waals surface area contributed by atoms with Crippen LogP contribution in [0.4, 0.5) is 5.69 Å². The number of nitrogens with zero attached hydrogens (tertiary/aromatic N) is 3. The number of hydrogen-bond acceptors (Lipinski definition) is 4. The number of carbonyl (C=O) groups is 1. The summed E-state index contributed by atoms with van der Waals surface area (Å²) in [5.74, 6) is 2.13. The maximum Gasteiger partial charge on any atom is 0.237 e. The van der Waals surface area contributed by atoms with Crippen molar-refractivity contribution in [1.29, 1.82) is 0 Å². The monoisotopic (exact) mass is 358 g/mol. The number of para-hydroxylation sites is 1. The zero-order valence-electron chi connectivity index (χ0n) is 15.0. The molecule has 5 nitrogen and oxygen atoms in total. The van der Waals surface area contributed by atoms with Crippen LogP contribution < -0.4 is 4.90 Å². The predicted octanol–water partition coefficient (Wildman–Crippen LogP) is 3.99. The maximum absolute atomic E-state index is 12.6. The molecular weight excluding hydrogens is 332 g/mol. The van der Waals surface area contributed by atoms with Crippen LogP contribution in [0.1, 0.15) is 44.0 Å². The fraction of sp³-hybridized carbons (Fsp3) is 0.526. The summed E-state index contributed by atoms with van der Waals surface area (Å²) in [6.45, 7) is 4.69. The average molecular weight is 359 g/mol. The molecule has 1 amide bonds. The van der Waals surface area contributed by atoms with Gasteiger partial charge in [-0.05, 0) is 31.4 Å². The first kappa shape index (κ1) is 18.0. The van der Waals surface area contributed by atoms with Gasteiger partial charge in [-0.15, -0.1) is 5.10 Å². The minimum atomic E-state index is 0.0870. The van der Waals surface area contributed by atoms with E-state index in [1.807, 2.05) is 43.0 Å². The van der Waals surface area contributed by atoms with Crippen molar-refractivity contribution in [2.45, 2.75) is 51.1 Å². The molecule has 1 saturated carbocycles. The van der Waals surface area contributed by atoms with Crippen LogP contribution in [0.5, 0.6) is 0 Å². The molecule has 3 rings (SSSR count). The van der Waals surface area contributed by atoms with E-state index in [4.69, 9.17) is 0 Å². The van der Waals surface area contributed by atoms with Crippen LogP contribution in [0.2, 0.25) is 0 Å². The Bertz CT molecular complexity index is 709. The van der Waals surface area contributed by atoms with Gasteiger partial charge in [0, 0.05) is 18.7 Å². The SMILES string of the molecule is CCN(C(=O)CSc1n[nH]c(CC2CCCC2)n1)c1ccccc1C. The van der Waals surface area contributed by atoms with Gasteiger partial charge in [0.05, 0.1) is 5.75 Å². The smallest absolute Gasteiger partial charge is 0.237 e. The van der Waals surface area contributed by atoms with E-state index in [0.717, 1.165) is 29.4 Å². The molecular formula is C19H26N4OS. The molecule has 1 aliphatic rings. The summed E-state index contributed by atoms with van der Waals surface area (Å²) in [5, 5.41) is 7.96. The van der Waals surface area contributed by atoms with E-state index in [-0.39, 0.29) is 5.91 Å². The van der Waals surface area contributed by atoms with Crippen molar-refractivity contribution in [1.82, 2.24) is 15.2 Å². The molecule has 1 aromatic carbocycles. The average Bonchev–Trinajstić information content (AvgIpc) is 3.28. The number of amides is 1. The van der Waals surface area contributed by atoms with Crippen LogP contribution in [-0.2, 0) is 11.2 Å². The van der Waals surface area contributed by atoms with Crippen molar-refractivity contribution < 1.29 is 4.79 Å². The summed E-state index contributed by atoms with van der Waals surface area (Å²) in [7, 11) is 0. The minimum absolute atomic E-state index is 0.0870. The summed E-state index contributed by atoms with van der Waals surface area (Å²) in [6.07, 6.45) is 6.24. The first-order valence-corrected chi connectivity index (χ1v) is 10.1. The van der Waals surface area contributed by atoms with Crippen LogP contribution in [-0.4, -0.2) is 33.4 Å².